The van der Waals surface area contributed by atoms with Crippen molar-refractivity contribution < 1.29 is 31.1 Å². The lowest BCUT2D eigenvalue weighted by atomic mass is 10.2. The van der Waals surface area contributed by atoms with Crippen molar-refractivity contribution >= 4 is 27.7 Å². The van der Waals surface area contributed by atoms with Gasteiger partial charge in [0.25, 0.3) is 0 Å². The minimum absolute atomic E-state index is 0.0931. The van der Waals surface area contributed by atoms with Crippen molar-refractivity contribution in [1.29, 1.82) is 0 Å². The van der Waals surface area contributed by atoms with Crippen LogP contribution in [0.5, 0.6) is 5.88 Å². The number of pyridine rings is 1. The molecular weight excluding hydrogens is 399 g/mol. The molecule has 28 heavy (non-hydrogen) atoms. The van der Waals surface area contributed by atoms with Gasteiger partial charge in [-0.05, 0) is 36.9 Å². The van der Waals surface area contributed by atoms with Crippen LogP contribution in [0.3, 0.4) is 0 Å². The van der Waals surface area contributed by atoms with Crippen LogP contribution in [-0.4, -0.2) is 39.1 Å². The molecule has 0 saturated heterocycles. The summed E-state index contributed by atoms with van der Waals surface area (Å²) in [4.78, 5) is 15.7. The predicted octanol–water partition coefficient (Wildman–Crippen LogP) is 2.58. The fourth-order valence-corrected chi connectivity index (χ4v) is 2.66. The summed E-state index contributed by atoms with van der Waals surface area (Å²) in [5, 5.41) is 2.48. The zero-order valence-corrected chi connectivity index (χ0v) is 15.3. The van der Waals surface area contributed by atoms with Crippen LogP contribution < -0.4 is 14.8 Å². The molecule has 2 N–H and O–H groups in total. The molecule has 0 aliphatic carbocycles. The number of carbonyl (C=O) groups is 1. The monoisotopic (exact) mass is 415 g/mol. The maximum atomic E-state index is 12.1. The molecule has 2 rings (SSSR count). The van der Waals surface area contributed by atoms with E-state index >= 15 is 0 Å². The molecule has 0 bridgehead atoms. The Labute approximate surface area is 159 Å². The fourth-order valence-electron chi connectivity index (χ4n) is 1.93. The molecule has 1 aromatic heterocycles. The summed E-state index contributed by atoms with van der Waals surface area (Å²) in [7, 11) is -2.23. The summed E-state index contributed by atoms with van der Waals surface area (Å²) in [6, 6.07) is 8.40. The Morgan fingerprint density at radius 3 is 2.39 bits per heavy atom. The second-order valence-corrected chi connectivity index (χ2v) is 7.27. The van der Waals surface area contributed by atoms with E-state index < -0.39 is 28.7 Å². The quantitative estimate of drug-likeness (QED) is 0.678. The van der Waals surface area contributed by atoms with E-state index in [-0.39, 0.29) is 16.5 Å². The van der Waals surface area contributed by atoms with E-state index in [2.05, 4.69) is 19.8 Å². The molecule has 1 aromatic carbocycles. The lowest BCUT2D eigenvalue weighted by Gasteiger charge is -2.08. The highest BCUT2D eigenvalue weighted by molar-refractivity contribution is 7.89. The van der Waals surface area contributed by atoms with Crippen LogP contribution in [0.1, 0.15) is 5.56 Å². The average Bonchev–Trinajstić information content (AvgIpc) is 2.65. The highest BCUT2D eigenvalue weighted by Crippen LogP contribution is 2.18. The highest BCUT2D eigenvalue weighted by atomic mass is 32.2. The first-order valence-electron chi connectivity index (χ1n) is 7.77. The zero-order valence-electron chi connectivity index (χ0n) is 14.5. The van der Waals surface area contributed by atoms with Gasteiger partial charge in [0.05, 0.1) is 16.8 Å². The highest BCUT2D eigenvalue weighted by Gasteiger charge is 2.28. The second-order valence-electron chi connectivity index (χ2n) is 5.39. The Bertz CT molecular complexity index is 941. The van der Waals surface area contributed by atoms with Gasteiger partial charge in [0.15, 0.2) is 6.61 Å². The molecule has 0 aliphatic heterocycles. The molecule has 1 amide bonds. The van der Waals surface area contributed by atoms with Gasteiger partial charge >= 0.3 is 6.18 Å². The average molecular weight is 415 g/mol. The van der Waals surface area contributed by atoms with Crippen molar-refractivity contribution in [3.63, 3.8) is 0 Å². The summed E-state index contributed by atoms with van der Waals surface area (Å²) in [6.07, 6.45) is -0.612. The Balaban J connectivity index is 1.93. The number of hydrogen-bond acceptors (Lipinski definition) is 5. The summed E-state index contributed by atoms with van der Waals surface area (Å²) < 4.78 is 66.1. The van der Waals surface area contributed by atoms with Gasteiger partial charge in [-0.15, -0.1) is 0 Å². The molecular formula is C17H16F3N3O4S. The summed E-state index contributed by atoms with van der Waals surface area (Å²) in [5.74, 6) is -0.722. The predicted molar refractivity (Wildman–Crippen MR) is 96.1 cm³/mol. The van der Waals surface area contributed by atoms with Gasteiger partial charge in [0, 0.05) is 12.1 Å². The van der Waals surface area contributed by atoms with Crippen LogP contribution >= 0.6 is 0 Å². The number of sulfonamides is 1. The van der Waals surface area contributed by atoms with Crippen molar-refractivity contribution in [3.05, 3.63) is 54.2 Å². The van der Waals surface area contributed by atoms with Gasteiger partial charge in [0.2, 0.25) is 21.8 Å². The van der Waals surface area contributed by atoms with Crippen LogP contribution in [0, 0.1) is 0 Å². The number of carbonyl (C=O) groups excluding carboxylic acids is 1. The third-order valence-corrected chi connectivity index (χ3v) is 4.70. The molecule has 0 saturated carbocycles. The van der Waals surface area contributed by atoms with Crippen molar-refractivity contribution in [1.82, 2.24) is 9.71 Å². The number of alkyl halides is 3. The number of nitrogens with one attached hydrogen (secondary N) is 2. The summed E-state index contributed by atoms with van der Waals surface area (Å²) >= 11 is 0. The maximum absolute atomic E-state index is 12.1. The molecule has 0 radical (unpaired) electrons. The van der Waals surface area contributed by atoms with Crippen molar-refractivity contribution in [2.75, 3.05) is 19.0 Å². The van der Waals surface area contributed by atoms with Crippen LogP contribution in [0.25, 0.3) is 6.08 Å². The number of halogens is 3. The smallest absolute Gasteiger partial charge is 0.422 e. The molecule has 0 fully saturated rings. The van der Waals surface area contributed by atoms with Crippen LogP contribution in [-0.2, 0) is 14.8 Å². The van der Waals surface area contributed by atoms with E-state index in [4.69, 9.17) is 0 Å². The van der Waals surface area contributed by atoms with Crippen molar-refractivity contribution in [2.45, 2.75) is 11.1 Å². The SMILES string of the molecule is CNS(=O)(=O)c1ccc(/C=C/C(=O)Nc2ccc(OCC(F)(F)F)nc2)cc1. The zero-order chi connectivity index (χ0) is 20.8. The van der Waals surface area contributed by atoms with E-state index in [1.54, 1.807) is 0 Å². The van der Waals surface area contributed by atoms with E-state index in [1.165, 1.54) is 55.6 Å². The first kappa shape index (κ1) is 21.4. The molecule has 150 valence electrons. The molecule has 11 heteroatoms. The van der Waals surface area contributed by atoms with Crippen molar-refractivity contribution in [3.8, 4) is 5.88 Å². The van der Waals surface area contributed by atoms with Gasteiger partial charge < -0.3 is 10.1 Å². The topological polar surface area (TPSA) is 97.4 Å². The van der Waals surface area contributed by atoms with Crippen LogP contribution in [0.4, 0.5) is 18.9 Å². The standard InChI is InChI=1S/C17H16F3N3O4S/c1-21-28(25,26)14-6-2-12(3-7-14)4-8-15(24)23-13-5-9-16(22-10-13)27-11-17(18,19)20/h2-10,21H,11H2,1H3,(H,23,24)/b8-4+. The van der Waals surface area contributed by atoms with Gasteiger partial charge in [-0.3, -0.25) is 4.79 Å². The molecule has 0 aliphatic rings. The van der Waals surface area contributed by atoms with Crippen molar-refractivity contribution in [2.24, 2.45) is 0 Å². The number of rotatable bonds is 7. The second kappa shape index (κ2) is 8.85. The van der Waals surface area contributed by atoms with E-state index in [9.17, 15) is 26.4 Å². The minimum atomic E-state index is -4.46. The summed E-state index contributed by atoms with van der Waals surface area (Å²) in [6.45, 7) is -1.46. The number of amides is 1. The third kappa shape index (κ3) is 6.67. The minimum Gasteiger partial charge on any atom is -0.468 e. The number of benzene rings is 1. The van der Waals surface area contributed by atoms with E-state index in [0.29, 0.717) is 5.56 Å². The largest absolute Gasteiger partial charge is 0.468 e. The fraction of sp³-hybridized carbons (Fsp3) is 0.176. The number of anilines is 1. The Morgan fingerprint density at radius 2 is 1.86 bits per heavy atom. The lowest BCUT2D eigenvalue weighted by molar-refractivity contribution is -0.154. The van der Waals surface area contributed by atoms with E-state index in [1.807, 2.05) is 0 Å². The normalized spacial score (nSPS) is 12.1. The van der Waals surface area contributed by atoms with Gasteiger partial charge in [-0.25, -0.2) is 18.1 Å². The van der Waals surface area contributed by atoms with Gasteiger partial charge in [-0.1, -0.05) is 12.1 Å². The molecule has 7 nitrogen and oxygen atoms in total. The lowest BCUT2D eigenvalue weighted by Crippen LogP contribution is -2.19. The van der Waals surface area contributed by atoms with Gasteiger partial charge in [0.1, 0.15) is 0 Å². The number of ether oxygens (including phenoxy) is 1. The molecule has 0 spiro atoms. The Hall–Kier alpha value is -2.92. The first-order valence-corrected chi connectivity index (χ1v) is 9.26. The van der Waals surface area contributed by atoms with Crippen LogP contribution in [0.2, 0.25) is 0 Å². The summed E-state index contributed by atoms with van der Waals surface area (Å²) in [5.41, 5.74) is 0.865. The number of nitrogens with zero attached hydrogens (tertiary/aromatic N) is 1. The first-order chi connectivity index (χ1) is 13.1. The maximum Gasteiger partial charge on any atom is 0.422 e. The van der Waals surface area contributed by atoms with Gasteiger partial charge in [-0.2, -0.15) is 13.2 Å². The molecule has 2 aromatic rings. The molecule has 1 heterocycles. The third-order valence-electron chi connectivity index (χ3n) is 3.27. The molecule has 0 atom stereocenters. The molecule has 0 unspecified atom stereocenters. The van der Waals surface area contributed by atoms with Crippen LogP contribution in [0.15, 0.2) is 53.6 Å². The number of aromatic nitrogens is 1. The Morgan fingerprint density at radius 1 is 1.18 bits per heavy atom. The van der Waals surface area contributed by atoms with E-state index in [0.717, 1.165) is 6.20 Å². The Kier molecular flexibility index (Phi) is 6.75. The number of hydrogen-bond donors (Lipinski definition) is 2.